The number of nitrogens with zero attached hydrogens (tertiary/aromatic N) is 3. The molecule has 0 saturated carbocycles. The van der Waals surface area contributed by atoms with E-state index in [1.807, 2.05) is 142 Å². The normalized spacial score (nSPS) is 13.0. The van der Waals surface area contributed by atoms with Crippen molar-refractivity contribution in [2.24, 2.45) is 4.99 Å². The number of hydrogen-bond acceptors (Lipinski definition) is 11. The summed E-state index contributed by atoms with van der Waals surface area (Å²) in [7, 11) is -5.60. The van der Waals surface area contributed by atoms with Crippen LogP contribution in [-0.2, 0) is 36.0 Å². The van der Waals surface area contributed by atoms with Crippen LogP contribution in [0.15, 0.2) is 96.0 Å². The number of guanidine groups is 1. The second kappa shape index (κ2) is 28.4. The van der Waals surface area contributed by atoms with Crippen LogP contribution in [-0.4, -0.2) is 125 Å². The molecule has 0 saturated heterocycles. The summed E-state index contributed by atoms with van der Waals surface area (Å²) < 4.78 is 48.1. The van der Waals surface area contributed by atoms with E-state index in [1.54, 1.807) is 0 Å². The van der Waals surface area contributed by atoms with Gasteiger partial charge in [0.05, 0.1) is 44.2 Å². The van der Waals surface area contributed by atoms with Crippen LogP contribution >= 0.6 is 0 Å². The van der Waals surface area contributed by atoms with E-state index >= 15 is 0 Å². The molecule has 0 heterocycles. The molecule has 0 aliphatic carbocycles. The van der Waals surface area contributed by atoms with E-state index in [1.165, 1.54) is 0 Å². The van der Waals surface area contributed by atoms with Crippen LogP contribution in [0.2, 0.25) is 12.1 Å². The summed E-state index contributed by atoms with van der Waals surface area (Å²) >= 11 is 0. The van der Waals surface area contributed by atoms with Gasteiger partial charge in [-0.15, -0.1) is 0 Å². The van der Waals surface area contributed by atoms with Crippen molar-refractivity contribution in [3.63, 3.8) is 0 Å². The monoisotopic (exact) mass is 843 g/mol. The van der Waals surface area contributed by atoms with Crippen LogP contribution in [0, 0.1) is 0 Å². The average Bonchev–Trinajstić information content (AvgIpc) is 3.23. The maximum absolute atomic E-state index is 11.6. The molecule has 0 spiro atoms. The van der Waals surface area contributed by atoms with E-state index in [9.17, 15) is 10.2 Å². The summed E-state index contributed by atoms with van der Waals surface area (Å²) in [4.78, 5) is 9.13. The molecule has 0 bridgehead atoms. The molecule has 0 aromatic heterocycles. The number of ether oxygens (including phenoxy) is 2. The quantitative estimate of drug-likeness (QED) is 0.0291. The van der Waals surface area contributed by atoms with Crippen LogP contribution in [0.5, 0.6) is 0 Å². The van der Waals surface area contributed by atoms with Gasteiger partial charge in [-0.3, -0.25) is 0 Å². The largest absolute Gasteiger partial charge is 0.501 e. The zero-order chi connectivity index (χ0) is 41.9. The Bertz CT molecular complexity index is 1380. The lowest BCUT2D eigenvalue weighted by Crippen LogP contribution is -2.51. The molecule has 0 aliphatic heterocycles. The topological polar surface area (TPSA) is 133 Å². The van der Waals surface area contributed by atoms with Crippen molar-refractivity contribution in [1.29, 1.82) is 0 Å². The standard InChI is InChI=1S/C43H69N3O10Si2/c1-7-51-57(52-8-2,53-9-3)32-22-30-49-36-41(47)34-45(39-26-18-14-19-27-39)43(44-38-24-16-13-17-25-38)46(40-28-20-15-21-29-40)35-42(48)37-50-31-23-33-58(54-10-4,55-11-5)56-12-6/h13-21,24-29,41-42,47-48H,7-12,22-23,30-37H2,1-6H3. The predicted molar refractivity (Wildman–Crippen MR) is 235 cm³/mol. The van der Waals surface area contributed by atoms with Crippen molar-refractivity contribution in [3.05, 3.63) is 91.0 Å². The molecule has 15 heteroatoms. The van der Waals surface area contributed by atoms with E-state index in [-0.39, 0.29) is 26.3 Å². The first kappa shape index (κ1) is 49.3. The van der Waals surface area contributed by atoms with Gasteiger partial charge in [0, 0.05) is 76.3 Å². The number of aliphatic hydroxyl groups excluding tert-OH is 2. The molecule has 0 aliphatic rings. The molecule has 2 N–H and O–H groups in total. The van der Waals surface area contributed by atoms with Crippen LogP contribution < -0.4 is 9.80 Å². The number of benzene rings is 3. The Kier molecular flexibility index (Phi) is 24.2. The van der Waals surface area contributed by atoms with Crippen LogP contribution in [0.25, 0.3) is 0 Å². The Morgan fingerprint density at radius 1 is 0.517 bits per heavy atom. The number of aliphatic imine (C=N–C) groups is 1. The van der Waals surface area contributed by atoms with Crippen LogP contribution in [0.4, 0.5) is 17.1 Å². The fourth-order valence-electron chi connectivity index (χ4n) is 6.45. The van der Waals surface area contributed by atoms with Gasteiger partial charge in [-0.2, -0.15) is 0 Å². The van der Waals surface area contributed by atoms with Gasteiger partial charge in [0.25, 0.3) is 0 Å². The molecule has 0 radical (unpaired) electrons. The molecule has 58 heavy (non-hydrogen) atoms. The average molecular weight is 844 g/mol. The zero-order valence-corrected chi connectivity index (χ0v) is 37.6. The molecular formula is C43H69N3O10Si2. The highest BCUT2D eigenvalue weighted by Crippen LogP contribution is 2.25. The molecule has 0 fully saturated rings. The van der Waals surface area contributed by atoms with Crippen molar-refractivity contribution < 1.29 is 46.2 Å². The Balaban J connectivity index is 1.83. The van der Waals surface area contributed by atoms with Crippen molar-refractivity contribution >= 4 is 40.6 Å². The van der Waals surface area contributed by atoms with Gasteiger partial charge < -0.3 is 56.0 Å². The predicted octanol–water partition coefficient (Wildman–Crippen LogP) is 7.32. The van der Waals surface area contributed by atoms with Gasteiger partial charge in [-0.25, -0.2) is 4.99 Å². The maximum atomic E-state index is 11.6. The third-order valence-electron chi connectivity index (χ3n) is 8.74. The molecule has 2 unspecified atom stereocenters. The molecular weight excluding hydrogens is 775 g/mol. The van der Waals surface area contributed by atoms with Gasteiger partial charge in [0.1, 0.15) is 0 Å². The van der Waals surface area contributed by atoms with Gasteiger partial charge in [0.15, 0.2) is 0 Å². The highest BCUT2D eigenvalue weighted by atomic mass is 28.4. The molecule has 3 rings (SSSR count). The molecule has 3 aromatic carbocycles. The van der Waals surface area contributed by atoms with Crippen LogP contribution in [0.3, 0.4) is 0 Å². The number of hydrogen-bond donors (Lipinski definition) is 2. The highest BCUT2D eigenvalue weighted by Gasteiger charge is 2.40. The zero-order valence-electron chi connectivity index (χ0n) is 35.6. The maximum Gasteiger partial charge on any atom is 0.501 e. The van der Waals surface area contributed by atoms with Gasteiger partial charge in [-0.05, 0) is 90.8 Å². The lowest BCUT2D eigenvalue weighted by atomic mass is 10.2. The first-order valence-corrected chi connectivity index (χ1v) is 24.8. The Labute approximate surface area is 349 Å². The lowest BCUT2D eigenvalue weighted by molar-refractivity contribution is 0.0358. The van der Waals surface area contributed by atoms with E-state index < -0.39 is 29.8 Å². The molecule has 2 atom stereocenters. The summed E-state index contributed by atoms with van der Waals surface area (Å²) in [5, 5.41) is 23.1. The number of anilines is 2. The first-order valence-electron chi connectivity index (χ1n) is 20.9. The van der Waals surface area contributed by atoms with E-state index in [4.69, 9.17) is 41.0 Å². The fourth-order valence-corrected chi connectivity index (χ4v) is 11.6. The summed E-state index contributed by atoms with van der Waals surface area (Å²) in [6, 6.07) is 30.5. The van der Waals surface area contributed by atoms with Gasteiger partial charge in [-0.1, -0.05) is 54.6 Å². The molecule has 3 aromatic rings. The third kappa shape index (κ3) is 17.3. The van der Waals surface area contributed by atoms with E-state index in [2.05, 4.69) is 0 Å². The summed E-state index contributed by atoms with van der Waals surface area (Å²) in [6.07, 6.45) is -0.447. The molecule has 13 nitrogen and oxygen atoms in total. The molecule has 324 valence electrons. The minimum absolute atomic E-state index is 0.0935. The first-order chi connectivity index (χ1) is 28.3. The number of rotatable bonds is 31. The Hall–Kier alpha value is -3.04. The number of aliphatic hydroxyl groups is 2. The van der Waals surface area contributed by atoms with Gasteiger partial charge in [0.2, 0.25) is 5.96 Å². The summed E-state index contributed by atoms with van der Waals surface area (Å²) in [5.41, 5.74) is 2.34. The summed E-state index contributed by atoms with van der Waals surface area (Å²) in [6.45, 7) is 16.1. The minimum Gasteiger partial charge on any atom is -0.389 e. The van der Waals surface area contributed by atoms with Crippen molar-refractivity contribution in [3.8, 4) is 0 Å². The minimum atomic E-state index is -2.80. The fraction of sp³-hybridized carbons (Fsp3) is 0.558. The van der Waals surface area contributed by atoms with Crippen molar-refractivity contribution in [2.45, 2.75) is 78.7 Å². The van der Waals surface area contributed by atoms with Gasteiger partial charge >= 0.3 is 17.6 Å². The van der Waals surface area contributed by atoms with Crippen molar-refractivity contribution in [2.75, 3.05) is 89.0 Å². The third-order valence-corrected chi connectivity index (χ3v) is 15.0. The van der Waals surface area contributed by atoms with E-state index in [0.29, 0.717) is 89.4 Å². The number of para-hydroxylation sites is 3. The SMILES string of the molecule is CCO[Si](CCCOCC(O)CN(C(=Nc1ccccc1)N(CC(O)COCCC[Si](OCC)(OCC)OCC)c1ccccc1)c1ccccc1)(OCC)OCC. The van der Waals surface area contributed by atoms with Crippen LogP contribution in [0.1, 0.15) is 54.4 Å². The second-order valence-electron chi connectivity index (χ2n) is 13.3. The van der Waals surface area contributed by atoms with Crippen molar-refractivity contribution in [1.82, 2.24) is 0 Å². The Morgan fingerprint density at radius 3 is 1.17 bits per heavy atom. The second-order valence-corrected chi connectivity index (χ2v) is 18.7. The summed E-state index contributed by atoms with van der Waals surface area (Å²) in [5.74, 6) is 0.517. The lowest BCUT2D eigenvalue weighted by Gasteiger charge is -2.36. The Morgan fingerprint density at radius 2 is 0.845 bits per heavy atom. The molecule has 0 amide bonds. The van der Waals surface area contributed by atoms with E-state index in [0.717, 1.165) is 11.4 Å². The highest BCUT2D eigenvalue weighted by molar-refractivity contribution is 6.61. The smallest absolute Gasteiger partial charge is 0.389 e.